The third-order valence-corrected chi connectivity index (χ3v) is 3.98. The molecule has 1 fully saturated rings. The van der Waals surface area contributed by atoms with Gasteiger partial charge >= 0.3 is 0 Å². The molecule has 0 aromatic rings. The lowest BCUT2D eigenvalue weighted by Crippen LogP contribution is -2.41. The van der Waals surface area contributed by atoms with Gasteiger partial charge in [-0.1, -0.05) is 39.0 Å². The van der Waals surface area contributed by atoms with Crippen molar-refractivity contribution in [1.29, 1.82) is 0 Å². The second-order valence-corrected chi connectivity index (χ2v) is 6.05. The van der Waals surface area contributed by atoms with E-state index in [0.717, 1.165) is 19.1 Å². The smallest absolute Gasteiger partial charge is 0.0625 e. The van der Waals surface area contributed by atoms with Crippen LogP contribution in [0.1, 0.15) is 72.1 Å². The summed E-state index contributed by atoms with van der Waals surface area (Å²) in [5.41, 5.74) is 0. The summed E-state index contributed by atoms with van der Waals surface area (Å²) in [4.78, 5) is 0. The molecule has 1 aliphatic carbocycles. The highest BCUT2D eigenvalue weighted by atomic mass is 16.5. The Morgan fingerprint density at radius 3 is 2.22 bits per heavy atom. The van der Waals surface area contributed by atoms with Crippen LogP contribution in [0.3, 0.4) is 0 Å². The summed E-state index contributed by atoms with van der Waals surface area (Å²) in [6.07, 6.45) is 11.5. The summed E-state index contributed by atoms with van der Waals surface area (Å²) in [5.74, 6) is 0.829. The van der Waals surface area contributed by atoms with Crippen molar-refractivity contribution < 1.29 is 4.74 Å². The molecule has 108 valence electrons. The number of hydrogen-bond acceptors (Lipinski definition) is 2. The van der Waals surface area contributed by atoms with Crippen LogP contribution in [0.25, 0.3) is 0 Å². The molecule has 0 aromatic carbocycles. The van der Waals surface area contributed by atoms with Gasteiger partial charge in [0.2, 0.25) is 0 Å². The van der Waals surface area contributed by atoms with E-state index in [1.807, 2.05) is 0 Å². The Balaban J connectivity index is 2.43. The number of nitrogens with one attached hydrogen (secondary N) is 1. The molecule has 18 heavy (non-hydrogen) atoms. The van der Waals surface area contributed by atoms with E-state index >= 15 is 0 Å². The first kappa shape index (κ1) is 16.0. The van der Waals surface area contributed by atoms with Crippen LogP contribution in [0, 0.1) is 5.92 Å². The zero-order valence-corrected chi connectivity index (χ0v) is 12.7. The summed E-state index contributed by atoms with van der Waals surface area (Å²) >= 11 is 0. The lowest BCUT2D eigenvalue weighted by atomic mass is 9.86. The number of hydrogen-bond donors (Lipinski definition) is 1. The van der Waals surface area contributed by atoms with Gasteiger partial charge in [0, 0.05) is 6.04 Å². The van der Waals surface area contributed by atoms with E-state index in [2.05, 4.69) is 26.1 Å². The van der Waals surface area contributed by atoms with Gasteiger partial charge in [-0.05, 0) is 45.6 Å². The molecular formula is C16H33NO. The third-order valence-electron chi connectivity index (χ3n) is 3.98. The van der Waals surface area contributed by atoms with Crippen LogP contribution < -0.4 is 5.32 Å². The largest absolute Gasteiger partial charge is 0.377 e. The molecule has 0 aliphatic heterocycles. The minimum Gasteiger partial charge on any atom is -0.377 e. The normalized spacial score (nSPS) is 20.7. The average Bonchev–Trinajstić information content (AvgIpc) is 2.30. The standard InChI is InChI=1S/C16H33NO/c1-4-12-17-16(13-18-14(2)3)15-10-8-6-5-7-9-11-15/h14-17H,4-13H2,1-3H3. The van der Waals surface area contributed by atoms with Gasteiger partial charge in [0.05, 0.1) is 12.7 Å². The third kappa shape index (κ3) is 6.75. The molecule has 0 heterocycles. The van der Waals surface area contributed by atoms with Crippen LogP contribution in [-0.2, 0) is 4.74 Å². The molecular weight excluding hydrogens is 222 g/mol. The topological polar surface area (TPSA) is 21.3 Å². The molecule has 0 aromatic heterocycles. The highest BCUT2D eigenvalue weighted by Crippen LogP contribution is 2.25. The summed E-state index contributed by atoms with van der Waals surface area (Å²) in [7, 11) is 0. The molecule has 0 bridgehead atoms. The Bertz CT molecular complexity index is 186. The van der Waals surface area contributed by atoms with Gasteiger partial charge < -0.3 is 10.1 Å². The van der Waals surface area contributed by atoms with Gasteiger partial charge in [-0.25, -0.2) is 0 Å². The van der Waals surface area contributed by atoms with Crippen LogP contribution in [0.2, 0.25) is 0 Å². The molecule has 1 unspecified atom stereocenters. The molecule has 1 atom stereocenters. The molecule has 2 heteroatoms. The Hall–Kier alpha value is -0.0800. The molecule has 0 amide bonds. The van der Waals surface area contributed by atoms with Gasteiger partial charge in [-0.3, -0.25) is 0 Å². The summed E-state index contributed by atoms with van der Waals surface area (Å²) in [6, 6.07) is 0.574. The summed E-state index contributed by atoms with van der Waals surface area (Å²) in [6.45, 7) is 8.53. The fourth-order valence-electron chi connectivity index (χ4n) is 2.88. The summed E-state index contributed by atoms with van der Waals surface area (Å²) < 4.78 is 5.86. The highest BCUT2D eigenvalue weighted by molar-refractivity contribution is 4.78. The Morgan fingerprint density at radius 1 is 1.06 bits per heavy atom. The SMILES string of the molecule is CCCNC(COC(C)C)C1CCCCCCC1. The Morgan fingerprint density at radius 2 is 1.67 bits per heavy atom. The highest BCUT2D eigenvalue weighted by Gasteiger charge is 2.22. The number of rotatable bonds is 7. The van der Waals surface area contributed by atoms with Gasteiger partial charge in [-0.15, -0.1) is 0 Å². The minimum absolute atomic E-state index is 0.351. The van der Waals surface area contributed by atoms with E-state index in [0.29, 0.717) is 12.1 Å². The Labute approximate surface area is 114 Å². The van der Waals surface area contributed by atoms with Crippen LogP contribution in [0.15, 0.2) is 0 Å². The van der Waals surface area contributed by atoms with Crippen LogP contribution in [-0.4, -0.2) is 25.3 Å². The minimum atomic E-state index is 0.351. The first-order chi connectivity index (χ1) is 8.74. The van der Waals surface area contributed by atoms with E-state index in [9.17, 15) is 0 Å². The van der Waals surface area contributed by atoms with Crippen LogP contribution in [0.4, 0.5) is 0 Å². The van der Waals surface area contributed by atoms with E-state index < -0.39 is 0 Å². The number of ether oxygens (including phenoxy) is 1. The van der Waals surface area contributed by atoms with Crippen molar-refractivity contribution in [1.82, 2.24) is 5.32 Å². The predicted octanol–water partition coefficient (Wildman–Crippen LogP) is 4.14. The fraction of sp³-hybridized carbons (Fsp3) is 1.00. The Kier molecular flexibility index (Phi) is 8.70. The monoisotopic (exact) mass is 255 g/mol. The average molecular weight is 255 g/mol. The van der Waals surface area contributed by atoms with Crippen molar-refractivity contribution in [2.24, 2.45) is 5.92 Å². The first-order valence-corrected chi connectivity index (χ1v) is 8.09. The van der Waals surface area contributed by atoms with Crippen molar-refractivity contribution >= 4 is 0 Å². The molecule has 2 nitrogen and oxygen atoms in total. The molecule has 0 spiro atoms. The second kappa shape index (κ2) is 9.80. The maximum atomic E-state index is 5.86. The molecule has 0 saturated heterocycles. The zero-order chi connectivity index (χ0) is 13.2. The van der Waals surface area contributed by atoms with Gasteiger partial charge in [0.15, 0.2) is 0 Å². The van der Waals surface area contributed by atoms with Crippen LogP contribution >= 0.6 is 0 Å². The second-order valence-electron chi connectivity index (χ2n) is 6.05. The van der Waals surface area contributed by atoms with E-state index in [1.54, 1.807) is 0 Å². The maximum absolute atomic E-state index is 5.86. The van der Waals surface area contributed by atoms with Gasteiger partial charge in [-0.2, -0.15) is 0 Å². The van der Waals surface area contributed by atoms with Crippen LogP contribution in [0.5, 0.6) is 0 Å². The fourth-order valence-corrected chi connectivity index (χ4v) is 2.88. The van der Waals surface area contributed by atoms with E-state index in [-0.39, 0.29) is 0 Å². The van der Waals surface area contributed by atoms with E-state index in [1.165, 1.54) is 51.4 Å². The van der Waals surface area contributed by atoms with Crippen molar-refractivity contribution in [3.63, 3.8) is 0 Å². The van der Waals surface area contributed by atoms with Crippen molar-refractivity contribution in [3.8, 4) is 0 Å². The van der Waals surface area contributed by atoms with Gasteiger partial charge in [0.25, 0.3) is 0 Å². The molecule has 1 N–H and O–H groups in total. The van der Waals surface area contributed by atoms with Gasteiger partial charge in [0.1, 0.15) is 0 Å². The molecule has 1 rings (SSSR count). The predicted molar refractivity (Wildman–Crippen MR) is 79.0 cm³/mol. The zero-order valence-electron chi connectivity index (χ0n) is 12.7. The quantitative estimate of drug-likeness (QED) is 0.738. The molecule has 0 radical (unpaired) electrons. The maximum Gasteiger partial charge on any atom is 0.0625 e. The molecule has 1 aliphatic rings. The first-order valence-electron chi connectivity index (χ1n) is 8.09. The van der Waals surface area contributed by atoms with E-state index in [4.69, 9.17) is 4.74 Å². The van der Waals surface area contributed by atoms with Crippen molar-refractivity contribution in [2.45, 2.75) is 84.3 Å². The van der Waals surface area contributed by atoms with Crippen molar-refractivity contribution in [2.75, 3.05) is 13.2 Å². The lowest BCUT2D eigenvalue weighted by molar-refractivity contribution is 0.0445. The molecule has 1 saturated carbocycles. The van der Waals surface area contributed by atoms with Crippen molar-refractivity contribution in [3.05, 3.63) is 0 Å². The lowest BCUT2D eigenvalue weighted by Gasteiger charge is -2.30. The summed E-state index contributed by atoms with van der Waals surface area (Å²) in [5, 5.41) is 3.72.